The van der Waals surface area contributed by atoms with Crippen LogP contribution in [-0.4, -0.2) is 25.5 Å². The topological polar surface area (TPSA) is 95.5 Å². The second kappa shape index (κ2) is 8.19. The van der Waals surface area contributed by atoms with E-state index in [4.69, 9.17) is 11.6 Å². The summed E-state index contributed by atoms with van der Waals surface area (Å²) in [5, 5.41) is 13.2. The molecule has 1 fully saturated rings. The molecule has 6 nitrogen and oxygen atoms in total. The van der Waals surface area contributed by atoms with Gasteiger partial charge in [-0.25, -0.2) is 8.42 Å². The third kappa shape index (κ3) is 4.73. The van der Waals surface area contributed by atoms with E-state index in [1.54, 1.807) is 18.2 Å². The third-order valence-corrected chi connectivity index (χ3v) is 6.27. The second-order valence-electron chi connectivity index (χ2n) is 6.57. The number of aromatic hydroxyl groups is 1. The molecule has 0 radical (unpaired) electrons. The van der Waals surface area contributed by atoms with Crippen molar-refractivity contribution in [2.75, 3.05) is 4.72 Å². The first-order valence-corrected chi connectivity index (χ1v) is 10.6. The molecular formula is C19H21ClN2O4S. The molecule has 1 saturated carbocycles. The average Bonchev–Trinajstić information content (AvgIpc) is 2.64. The zero-order chi connectivity index (χ0) is 19.4. The Hall–Kier alpha value is -2.25. The lowest BCUT2D eigenvalue weighted by atomic mass is 9.95. The molecule has 0 spiro atoms. The van der Waals surface area contributed by atoms with E-state index in [0.29, 0.717) is 0 Å². The van der Waals surface area contributed by atoms with Crippen LogP contribution in [0.2, 0.25) is 5.02 Å². The number of sulfonamides is 1. The van der Waals surface area contributed by atoms with Crippen LogP contribution in [0.3, 0.4) is 0 Å². The first kappa shape index (κ1) is 19.5. The highest BCUT2D eigenvalue weighted by Crippen LogP contribution is 2.27. The van der Waals surface area contributed by atoms with Gasteiger partial charge in [0.25, 0.3) is 15.9 Å². The van der Waals surface area contributed by atoms with Crippen LogP contribution in [0, 0.1) is 0 Å². The van der Waals surface area contributed by atoms with Crippen LogP contribution in [0.4, 0.5) is 5.69 Å². The Bertz CT molecular complexity index is 940. The molecule has 2 aromatic rings. The third-order valence-electron chi connectivity index (χ3n) is 4.58. The number of halogens is 1. The highest BCUT2D eigenvalue weighted by Gasteiger charge is 2.22. The average molecular weight is 409 g/mol. The molecule has 3 N–H and O–H groups in total. The minimum atomic E-state index is -3.97. The Morgan fingerprint density at radius 2 is 1.78 bits per heavy atom. The van der Waals surface area contributed by atoms with E-state index in [0.717, 1.165) is 32.1 Å². The van der Waals surface area contributed by atoms with Crippen LogP contribution in [0.25, 0.3) is 0 Å². The van der Waals surface area contributed by atoms with Crippen molar-refractivity contribution in [3.8, 4) is 5.75 Å². The van der Waals surface area contributed by atoms with Crippen molar-refractivity contribution in [3.05, 3.63) is 53.1 Å². The van der Waals surface area contributed by atoms with Crippen LogP contribution >= 0.6 is 11.6 Å². The summed E-state index contributed by atoms with van der Waals surface area (Å²) in [5.41, 5.74) is 0.169. The maximum absolute atomic E-state index is 12.6. The van der Waals surface area contributed by atoms with Gasteiger partial charge in [-0.15, -0.1) is 0 Å². The summed E-state index contributed by atoms with van der Waals surface area (Å²) < 4.78 is 27.7. The summed E-state index contributed by atoms with van der Waals surface area (Å²) in [4.78, 5) is 12.4. The first-order valence-electron chi connectivity index (χ1n) is 8.78. The molecule has 1 aliphatic carbocycles. The van der Waals surface area contributed by atoms with Gasteiger partial charge in [0.05, 0.1) is 21.2 Å². The van der Waals surface area contributed by atoms with Gasteiger partial charge < -0.3 is 10.4 Å². The molecule has 0 aliphatic heterocycles. The smallest absolute Gasteiger partial charge is 0.261 e. The largest absolute Gasteiger partial charge is 0.507 e. The quantitative estimate of drug-likeness (QED) is 0.698. The van der Waals surface area contributed by atoms with Crippen LogP contribution in [0.15, 0.2) is 47.4 Å². The number of phenols is 1. The summed E-state index contributed by atoms with van der Waals surface area (Å²) in [5.74, 6) is -0.741. The van der Waals surface area contributed by atoms with Crippen molar-refractivity contribution < 1.29 is 18.3 Å². The van der Waals surface area contributed by atoms with Crippen molar-refractivity contribution in [2.45, 2.75) is 43.0 Å². The highest BCUT2D eigenvalue weighted by molar-refractivity contribution is 7.92. The van der Waals surface area contributed by atoms with Gasteiger partial charge in [0.2, 0.25) is 0 Å². The molecule has 144 valence electrons. The summed E-state index contributed by atoms with van der Waals surface area (Å²) in [6.07, 6.45) is 5.02. The molecule has 1 amide bonds. The molecule has 27 heavy (non-hydrogen) atoms. The number of hydrogen-bond acceptors (Lipinski definition) is 4. The fourth-order valence-electron chi connectivity index (χ4n) is 3.12. The zero-order valence-corrected chi connectivity index (χ0v) is 16.2. The van der Waals surface area contributed by atoms with Crippen LogP contribution in [0.1, 0.15) is 42.5 Å². The number of para-hydroxylation sites is 1. The number of rotatable bonds is 5. The summed E-state index contributed by atoms with van der Waals surface area (Å²) in [7, 11) is -3.97. The van der Waals surface area contributed by atoms with Gasteiger partial charge in [-0.1, -0.05) is 43.0 Å². The SMILES string of the molecule is O=C(NC1CCCCC1)c1cc(S(=O)(=O)Nc2ccccc2Cl)ccc1O. The summed E-state index contributed by atoms with van der Waals surface area (Å²) in [6.45, 7) is 0. The van der Waals surface area contributed by atoms with Crippen molar-refractivity contribution in [1.82, 2.24) is 5.32 Å². The van der Waals surface area contributed by atoms with Crippen molar-refractivity contribution in [1.29, 1.82) is 0 Å². The predicted molar refractivity (Wildman–Crippen MR) is 105 cm³/mol. The number of benzene rings is 2. The van der Waals surface area contributed by atoms with E-state index in [2.05, 4.69) is 10.0 Å². The van der Waals surface area contributed by atoms with E-state index in [-0.39, 0.29) is 33.0 Å². The zero-order valence-electron chi connectivity index (χ0n) is 14.6. The van der Waals surface area contributed by atoms with Crippen molar-refractivity contribution >= 4 is 33.2 Å². The molecule has 0 atom stereocenters. The molecule has 0 bridgehead atoms. The Balaban J connectivity index is 1.83. The lowest BCUT2D eigenvalue weighted by Gasteiger charge is -2.23. The second-order valence-corrected chi connectivity index (χ2v) is 8.66. The normalized spacial score (nSPS) is 15.3. The Labute approximate surface area is 163 Å². The van der Waals surface area contributed by atoms with Crippen LogP contribution in [0.5, 0.6) is 5.75 Å². The summed E-state index contributed by atoms with van der Waals surface area (Å²) in [6, 6.07) is 10.1. The highest BCUT2D eigenvalue weighted by atomic mass is 35.5. The minimum Gasteiger partial charge on any atom is -0.507 e. The Kier molecular flexibility index (Phi) is 5.92. The Morgan fingerprint density at radius 1 is 1.07 bits per heavy atom. The van der Waals surface area contributed by atoms with Gasteiger partial charge in [0.1, 0.15) is 5.75 Å². The molecule has 0 heterocycles. The Morgan fingerprint density at radius 3 is 2.48 bits per heavy atom. The first-order chi connectivity index (χ1) is 12.9. The molecular weight excluding hydrogens is 388 g/mol. The van der Waals surface area contributed by atoms with E-state index in [1.165, 1.54) is 24.3 Å². The van der Waals surface area contributed by atoms with E-state index < -0.39 is 15.9 Å². The van der Waals surface area contributed by atoms with E-state index in [1.807, 2.05) is 0 Å². The number of phenolic OH excluding ortho intramolecular Hbond substituents is 1. The molecule has 1 aliphatic rings. The standard InChI is InChI=1S/C19H21ClN2O4S/c20-16-8-4-5-9-17(16)22-27(25,26)14-10-11-18(23)15(12-14)19(24)21-13-6-2-1-3-7-13/h4-5,8-13,22-23H,1-3,6-7H2,(H,21,24). The molecule has 0 aromatic heterocycles. The van der Waals surface area contributed by atoms with Gasteiger partial charge in [0, 0.05) is 6.04 Å². The fourth-order valence-corrected chi connectivity index (χ4v) is 4.47. The monoisotopic (exact) mass is 408 g/mol. The molecule has 8 heteroatoms. The van der Waals surface area contributed by atoms with Crippen LogP contribution < -0.4 is 10.0 Å². The number of amides is 1. The minimum absolute atomic E-state index is 0.0483. The van der Waals surface area contributed by atoms with E-state index >= 15 is 0 Å². The maximum atomic E-state index is 12.6. The van der Waals surface area contributed by atoms with Crippen LogP contribution in [-0.2, 0) is 10.0 Å². The van der Waals surface area contributed by atoms with Gasteiger partial charge in [-0.2, -0.15) is 0 Å². The number of nitrogens with one attached hydrogen (secondary N) is 2. The number of anilines is 1. The number of hydrogen-bond donors (Lipinski definition) is 3. The van der Waals surface area contributed by atoms with Gasteiger partial charge in [-0.05, 0) is 43.2 Å². The van der Waals surface area contributed by atoms with Crippen molar-refractivity contribution in [3.63, 3.8) is 0 Å². The molecule has 2 aromatic carbocycles. The van der Waals surface area contributed by atoms with Gasteiger partial charge in [0.15, 0.2) is 0 Å². The van der Waals surface area contributed by atoms with Gasteiger partial charge in [-0.3, -0.25) is 9.52 Å². The van der Waals surface area contributed by atoms with Gasteiger partial charge >= 0.3 is 0 Å². The molecule has 0 saturated heterocycles. The molecule has 3 rings (SSSR count). The lowest BCUT2D eigenvalue weighted by Crippen LogP contribution is -2.36. The summed E-state index contributed by atoms with van der Waals surface area (Å²) >= 11 is 6.00. The predicted octanol–water partition coefficient (Wildman–Crippen LogP) is 3.91. The number of carbonyl (C=O) groups is 1. The van der Waals surface area contributed by atoms with E-state index in [9.17, 15) is 18.3 Å². The number of carbonyl (C=O) groups excluding carboxylic acids is 1. The maximum Gasteiger partial charge on any atom is 0.261 e. The molecule has 0 unspecified atom stereocenters. The lowest BCUT2D eigenvalue weighted by molar-refractivity contribution is 0.0925. The fraction of sp³-hybridized carbons (Fsp3) is 0.316. The van der Waals surface area contributed by atoms with Crippen molar-refractivity contribution in [2.24, 2.45) is 0 Å².